The van der Waals surface area contributed by atoms with Gasteiger partial charge in [-0.15, -0.1) is 0 Å². The van der Waals surface area contributed by atoms with Crippen LogP contribution in [0.4, 0.5) is 23.2 Å². The third kappa shape index (κ3) is 9.28. The van der Waals surface area contributed by atoms with Gasteiger partial charge in [0, 0.05) is 56.8 Å². The molecule has 0 aliphatic rings. The molecule has 0 radical (unpaired) electrons. The number of allylic oxidation sites excluding steroid dienone is 1. The van der Waals surface area contributed by atoms with E-state index in [0.717, 1.165) is 0 Å². The number of halogens is 4. The van der Waals surface area contributed by atoms with Gasteiger partial charge in [0.15, 0.2) is 0 Å². The van der Waals surface area contributed by atoms with Crippen molar-refractivity contribution in [3.63, 3.8) is 0 Å². The second-order valence-electron chi connectivity index (χ2n) is 9.20. The molecule has 0 saturated heterocycles. The summed E-state index contributed by atoms with van der Waals surface area (Å²) < 4.78 is 61.1. The van der Waals surface area contributed by atoms with Crippen LogP contribution in [-0.4, -0.2) is 61.7 Å². The molecule has 0 unspecified atom stereocenters. The van der Waals surface area contributed by atoms with E-state index in [-0.39, 0.29) is 46.4 Å². The predicted molar refractivity (Wildman–Crippen MR) is 152 cm³/mol. The molecule has 4 N–H and O–H groups in total. The van der Waals surface area contributed by atoms with E-state index >= 15 is 0 Å². The zero-order valence-electron chi connectivity index (χ0n) is 22.6. The number of hydrogen-bond acceptors (Lipinski definition) is 6. The summed E-state index contributed by atoms with van der Waals surface area (Å²) in [5.74, 6) is -1.16. The number of nitrogens with zero attached hydrogens (tertiary/aromatic N) is 2. The number of rotatable bonds is 12. The minimum Gasteiger partial charge on any atom is -0.476 e. The van der Waals surface area contributed by atoms with Crippen molar-refractivity contribution in [1.82, 2.24) is 15.2 Å². The van der Waals surface area contributed by atoms with Crippen LogP contribution in [0.5, 0.6) is 5.88 Å². The lowest BCUT2D eigenvalue weighted by Gasteiger charge is -2.19. The molecule has 41 heavy (non-hydrogen) atoms. The number of carbonyl (C=O) groups is 1. The summed E-state index contributed by atoms with van der Waals surface area (Å²) in [7, 11) is 3.32. The minimum atomic E-state index is -4.54. The summed E-state index contributed by atoms with van der Waals surface area (Å²) in [6.07, 6.45) is -1.25. The fraction of sp³-hybridized carbons (Fsp3) is 0.233. The molecule has 0 aliphatic heterocycles. The van der Waals surface area contributed by atoms with Gasteiger partial charge in [0.1, 0.15) is 6.61 Å². The summed E-state index contributed by atoms with van der Waals surface area (Å²) in [6.45, 7) is 1.18. The molecule has 0 bridgehead atoms. The first kappa shape index (κ1) is 31.0. The highest BCUT2D eigenvalue weighted by Gasteiger charge is 2.31. The molecule has 3 rings (SSSR count). The highest BCUT2D eigenvalue weighted by atomic mass is 19.4. The van der Waals surface area contributed by atoms with Crippen molar-refractivity contribution < 1.29 is 27.1 Å². The van der Waals surface area contributed by atoms with E-state index in [2.05, 4.69) is 10.3 Å². The molecule has 11 heteroatoms. The molecule has 216 valence electrons. The molecule has 7 nitrogen and oxygen atoms in total. The number of pyridine rings is 1. The molecule has 0 fully saturated rings. The first-order valence-electron chi connectivity index (χ1n) is 12.6. The number of nitrogens with one attached hydrogen (secondary N) is 2. The van der Waals surface area contributed by atoms with Crippen molar-refractivity contribution in [3.8, 4) is 5.88 Å². The summed E-state index contributed by atoms with van der Waals surface area (Å²) in [4.78, 5) is 17.3. The molecule has 1 aromatic heterocycles. The number of hydrogen-bond donors (Lipinski definition) is 3. The molecule has 0 aliphatic carbocycles. The van der Waals surface area contributed by atoms with Gasteiger partial charge < -0.3 is 20.7 Å². The van der Waals surface area contributed by atoms with Crippen LogP contribution in [0.15, 0.2) is 79.0 Å². The van der Waals surface area contributed by atoms with Crippen LogP contribution in [0.25, 0.3) is 11.1 Å². The summed E-state index contributed by atoms with van der Waals surface area (Å²) in [5.41, 5.74) is 6.65. The monoisotopic (exact) mass is 569 g/mol. The fourth-order valence-electron chi connectivity index (χ4n) is 3.93. The van der Waals surface area contributed by atoms with Crippen molar-refractivity contribution in [1.29, 1.82) is 5.41 Å². The lowest BCUT2D eigenvalue weighted by Crippen LogP contribution is -2.22. The Labute approximate surface area is 235 Å². The molecule has 3 aromatic rings. The standard InChI is InChI=1S/C30H31F4N5O2/c1-39(2)27(40)9-6-14-37-15-16-41-26-13-11-22(19-38-26)28(21-10-12-25(35)23(17-21)29(31)36)24(18-30(32,33)34)20-7-4-3-5-8-20/h3-13,17,19,36-37H,14-16,18,35H2,1-2H3/b9-6+,28-24-,36-29?. The van der Waals surface area contributed by atoms with Gasteiger partial charge in [0.2, 0.25) is 17.8 Å². The van der Waals surface area contributed by atoms with Crippen LogP contribution in [0.2, 0.25) is 0 Å². The van der Waals surface area contributed by atoms with Gasteiger partial charge in [-0.05, 0) is 40.5 Å². The van der Waals surface area contributed by atoms with Gasteiger partial charge >= 0.3 is 6.18 Å². The maximum atomic E-state index is 13.9. The normalized spacial score (nSPS) is 12.2. The largest absolute Gasteiger partial charge is 0.476 e. The van der Waals surface area contributed by atoms with Crippen molar-refractivity contribution in [3.05, 3.63) is 101 Å². The van der Waals surface area contributed by atoms with Gasteiger partial charge in [-0.1, -0.05) is 42.5 Å². The van der Waals surface area contributed by atoms with Crippen molar-refractivity contribution >= 4 is 28.7 Å². The maximum Gasteiger partial charge on any atom is 0.393 e. The third-order valence-corrected chi connectivity index (χ3v) is 5.90. The average Bonchev–Trinajstić information content (AvgIpc) is 2.93. The second kappa shape index (κ2) is 14.2. The third-order valence-electron chi connectivity index (χ3n) is 5.90. The topological polar surface area (TPSA) is 104 Å². The molecular weight excluding hydrogens is 538 g/mol. The maximum absolute atomic E-state index is 13.9. The number of anilines is 1. The predicted octanol–water partition coefficient (Wildman–Crippen LogP) is 5.48. The number of nitrogens with two attached hydrogens (primary N) is 1. The SMILES string of the molecule is CN(C)C(=O)/C=C/CNCCOc1ccc(/C(=C(/CC(F)(F)F)c2ccccc2)c2ccc(N)c(C(=N)F)c2)cn1. The number of likely N-dealkylation sites (N-methyl/N-ethyl adjacent to an activating group) is 1. The van der Waals surface area contributed by atoms with Gasteiger partial charge in [-0.25, -0.2) is 4.98 Å². The van der Waals surface area contributed by atoms with E-state index in [1.807, 2.05) is 0 Å². The Morgan fingerprint density at radius 2 is 1.78 bits per heavy atom. The van der Waals surface area contributed by atoms with Crippen LogP contribution in [0.3, 0.4) is 0 Å². The summed E-state index contributed by atoms with van der Waals surface area (Å²) in [6, 6.07) is 15.3. The molecule has 1 amide bonds. The Morgan fingerprint density at radius 1 is 1.07 bits per heavy atom. The van der Waals surface area contributed by atoms with Crippen molar-refractivity contribution in [2.75, 3.05) is 39.5 Å². The number of aromatic nitrogens is 1. The molecule has 0 saturated carbocycles. The zero-order valence-corrected chi connectivity index (χ0v) is 22.6. The van der Waals surface area contributed by atoms with Gasteiger partial charge in [-0.2, -0.15) is 17.6 Å². The number of nitrogen functional groups attached to an aromatic ring is 1. The van der Waals surface area contributed by atoms with Gasteiger partial charge in [0.25, 0.3) is 0 Å². The lowest BCUT2D eigenvalue weighted by atomic mass is 9.87. The Bertz CT molecular complexity index is 1400. The highest BCUT2D eigenvalue weighted by molar-refractivity contribution is 6.02. The van der Waals surface area contributed by atoms with E-state index in [0.29, 0.717) is 24.2 Å². The fourth-order valence-corrected chi connectivity index (χ4v) is 3.93. The van der Waals surface area contributed by atoms with E-state index in [1.165, 1.54) is 41.4 Å². The Hall–Kier alpha value is -4.51. The van der Waals surface area contributed by atoms with Gasteiger partial charge in [0.05, 0.1) is 12.0 Å². The lowest BCUT2D eigenvalue weighted by molar-refractivity contribution is -0.124. The Balaban J connectivity index is 1.91. The van der Waals surface area contributed by atoms with Crippen LogP contribution in [0, 0.1) is 5.41 Å². The first-order chi connectivity index (χ1) is 19.5. The molecule has 0 spiro atoms. The van der Waals surface area contributed by atoms with Crippen molar-refractivity contribution in [2.24, 2.45) is 0 Å². The number of alkyl halides is 3. The summed E-state index contributed by atoms with van der Waals surface area (Å²) >= 11 is 0. The van der Waals surface area contributed by atoms with E-state index in [9.17, 15) is 22.4 Å². The molecule has 1 heterocycles. The number of benzene rings is 2. The summed E-state index contributed by atoms with van der Waals surface area (Å²) in [5, 5.41) is 10.5. The van der Waals surface area contributed by atoms with Gasteiger partial charge in [-0.3, -0.25) is 10.2 Å². The van der Waals surface area contributed by atoms with E-state index in [4.69, 9.17) is 15.9 Å². The van der Waals surface area contributed by atoms with Crippen LogP contribution < -0.4 is 15.8 Å². The average molecular weight is 570 g/mol. The number of amides is 1. The Morgan fingerprint density at radius 3 is 2.39 bits per heavy atom. The molecular formula is C30H31F4N5O2. The Kier molecular flexibility index (Phi) is 10.8. The van der Waals surface area contributed by atoms with Crippen LogP contribution >= 0.6 is 0 Å². The number of ether oxygens (including phenoxy) is 1. The van der Waals surface area contributed by atoms with Crippen LogP contribution in [0.1, 0.15) is 28.7 Å². The second-order valence-corrected chi connectivity index (χ2v) is 9.20. The van der Waals surface area contributed by atoms with Crippen LogP contribution in [-0.2, 0) is 4.79 Å². The highest BCUT2D eigenvalue weighted by Crippen LogP contribution is 2.40. The molecule has 2 aromatic carbocycles. The number of carbonyl (C=O) groups excluding carboxylic acids is 1. The quantitative estimate of drug-likeness (QED) is 0.0669. The smallest absolute Gasteiger partial charge is 0.393 e. The zero-order chi connectivity index (χ0) is 30.0. The molecule has 0 atom stereocenters. The van der Waals surface area contributed by atoms with E-state index < -0.39 is 18.6 Å². The minimum absolute atomic E-state index is 0.00652. The van der Waals surface area contributed by atoms with E-state index in [1.54, 1.807) is 56.6 Å². The first-order valence-corrected chi connectivity index (χ1v) is 12.6. The van der Waals surface area contributed by atoms with Crippen molar-refractivity contribution in [2.45, 2.75) is 12.6 Å².